The Morgan fingerprint density at radius 3 is 1.18 bits per heavy atom. The van der Waals surface area contributed by atoms with Gasteiger partial charge in [-0.1, -0.05) is 63.1 Å². The number of esters is 1. The van der Waals surface area contributed by atoms with Crippen molar-refractivity contribution in [1.82, 2.24) is 29.6 Å². The summed E-state index contributed by atoms with van der Waals surface area (Å²) in [7, 11) is 7.21. The Balaban J connectivity index is 0.000000348. The van der Waals surface area contributed by atoms with Gasteiger partial charge in [0.1, 0.15) is 23.7 Å². The number of nitrogens with zero attached hydrogens (tertiary/aromatic N) is 4. The zero-order valence-electron chi connectivity index (χ0n) is 58.3. The van der Waals surface area contributed by atoms with Crippen LogP contribution in [0.5, 0.6) is 0 Å². The number of alkyl halides is 6. The van der Waals surface area contributed by atoms with Crippen molar-refractivity contribution in [2.75, 3.05) is 47.9 Å². The lowest BCUT2D eigenvalue weighted by molar-refractivity contribution is -0.144. The van der Waals surface area contributed by atoms with Crippen molar-refractivity contribution < 1.29 is 64.1 Å². The molecule has 2 amide bonds. The van der Waals surface area contributed by atoms with E-state index in [1.54, 1.807) is 66.9 Å². The highest BCUT2D eigenvalue weighted by Crippen LogP contribution is 2.39. The second-order valence-corrected chi connectivity index (χ2v) is 26.7. The van der Waals surface area contributed by atoms with E-state index in [0.29, 0.717) is 54.8 Å². The Morgan fingerprint density at radius 1 is 0.531 bits per heavy atom. The number of benzene rings is 4. The average molecular weight is 1350 g/mol. The van der Waals surface area contributed by atoms with Crippen LogP contribution in [-0.4, -0.2) is 95.7 Å². The topological polar surface area (TPSA) is 172 Å². The highest BCUT2D eigenvalue weighted by molar-refractivity contribution is 5.83. The molecule has 22 heteroatoms. The zero-order chi connectivity index (χ0) is 72.2. The highest BCUT2D eigenvalue weighted by atomic mass is 19.4. The van der Waals surface area contributed by atoms with Crippen LogP contribution in [0.1, 0.15) is 175 Å². The summed E-state index contributed by atoms with van der Waals surface area (Å²) < 4.78 is 123. The summed E-state index contributed by atoms with van der Waals surface area (Å²) in [4.78, 5) is 83.2. The van der Waals surface area contributed by atoms with Crippen LogP contribution >= 0.6 is 0 Å². The summed E-state index contributed by atoms with van der Waals surface area (Å²) in [6.07, 6.45) is -7.40. The number of nitrogens with one attached hydrogen (secondary N) is 2. The lowest BCUT2D eigenvalue weighted by Gasteiger charge is -2.27. The van der Waals surface area contributed by atoms with E-state index in [2.05, 4.69) is 10.6 Å². The molecule has 0 aliphatic carbocycles. The van der Waals surface area contributed by atoms with Gasteiger partial charge >= 0.3 is 24.3 Å². The fraction of sp³-hybridized carbons (Fsp3) is 0.486. The number of hydrogen-bond donors (Lipinski definition) is 3. The number of pyridine rings is 2. The van der Waals surface area contributed by atoms with E-state index in [0.717, 1.165) is 66.0 Å². The van der Waals surface area contributed by atoms with Crippen LogP contribution in [0, 0.1) is 78.9 Å². The standard InChI is InChI=1S/C38H49F4N3O4.C36H45F4N3O4/c1-10-49-34(47)20-31(29-18-28(17-26(7)36(29)39)35-24(5)15-23(4)16-25(35)6)43-37(48)32(14-22(2)3)45-21-27(12-11-13-44(8)9)30(19-33(45)46)38(40,41)42;1-20(2)12-30(43-19-25(10-9-11-42(7)8)28(17-31(43)44)36(38,39)40)35(47)41-29(18-32(45)46)27-16-26(15-24(6)34(27)37)33-22(4)13-21(3)14-23(33)5/h15-19,21-22,31-32H,10-14,20H2,1-9H3,(H,43,48);13-17,19-20,29-30H,9-12,18H2,1-8H3,(H,41,47)(H,45,46)/t31-,32?;29-,30?/m00/s1. The van der Waals surface area contributed by atoms with Crippen molar-refractivity contribution in [2.45, 2.75) is 178 Å². The molecule has 14 nitrogen and oxygen atoms in total. The normalized spacial score (nSPS) is 13.2. The number of aryl methyl sites for hydroxylation is 10. The summed E-state index contributed by atoms with van der Waals surface area (Å²) in [6.45, 7) is 24.8. The largest absolute Gasteiger partial charge is 0.481 e. The molecule has 524 valence electrons. The Labute approximate surface area is 558 Å². The number of aromatic nitrogens is 2. The Kier molecular flexibility index (Phi) is 27.7. The summed E-state index contributed by atoms with van der Waals surface area (Å²) in [5.41, 5.74) is 5.31. The molecule has 0 saturated carbocycles. The number of halogens is 8. The quantitative estimate of drug-likeness (QED) is 0.0333. The molecule has 0 fully saturated rings. The predicted molar refractivity (Wildman–Crippen MR) is 359 cm³/mol. The Bertz CT molecular complexity index is 3840. The molecule has 6 aromatic rings. The van der Waals surface area contributed by atoms with Crippen LogP contribution in [0.25, 0.3) is 22.3 Å². The summed E-state index contributed by atoms with van der Waals surface area (Å²) in [5.74, 6) is -5.12. The molecule has 0 aliphatic heterocycles. The third-order valence-corrected chi connectivity index (χ3v) is 16.6. The second kappa shape index (κ2) is 33.8. The monoisotopic (exact) mass is 1350 g/mol. The van der Waals surface area contributed by atoms with Crippen molar-refractivity contribution >= 4 is 23.8 Å². The number of amides is 2. The van der Waals surface area contributed by atoms with Gasteiger partial charge in [0, 0.05) is 35.7 Å². The number of carboxylic acid groups (broad SMARTS) is 1. The Hall–Kier alpha value is -7.98. The molecular formula is C74H94F8N6O8. The van der Waals surface area contributed by atoms with E-state index in [4.69, 9.17) is 4.74 Å². The molecule has 2 heterocycles. The van der Waals surface area contributed by atoms with Gasteiger partial charge in [-0.2, -0.15) is 26.3 Å². The average Bonchev–Trinajstić information content (AvgIpc) is 0.799. The van der Waals surface area contributed by atoms with Gasteiger partial charge in [-0.3, -0.25) is 28.8 Å². The molecule has 0 spiro atoms. The first-order chi connectivity index (χ1) is 44.6. The van der Waals surface area contributed by atoms with Crippen LogP contribution in [-0.2, 0) is 49.1 Å². The number of aliphatic carboxylic acids is 1. The van der Waals surface area contributed by atoms with Gasteiger partial charge in [-0.05, 0) is 245 Å². The van der Waals surface area contributed by atoms with Crippen LogP contribution in [0.3, 0.4) is 0 Å². The van der Waals surface area contributed by atoms with Gasteiger partial charge in [-0.15, -0.1) is 0 Å². The molecule has 96 heavy (non-hydrogen) atoms. The minimum Gasteiger partial charge on any atom is -0.481 e. The second-order valence-electron chi connectivity index (χ2n) is 26.7. The summed E-state index contributed by atoms with van der Waals surface area (Å²) in [6, 6.07) is 10.6. The van der Waals surface area contributed by atoms with Crippen molar-refractivity contribution in [3.05, 3.63) is 183 Å². The van der Waals surface area contributed by atoms with Crippen molar-refractivity contribution in [1.29, 1.82) is 0 Å². The van der Waals surface area contributed by atoms with Crippen LogP contribution in [0.15, 0.2) is 82.6 Å². The van der Waals surface area contributed by atoms with Gasteiger partial charge in [0.05, 0.1) is 42.7 Å². The number of carbonyl (C=O) groups excluding carboxylic acids is 3. The van der Waals surface area contributed by atoms with Gasteiger partial charge < -0.3 is 39.4 Å². The molecule has 2 unspecified atom stereocenters. The van der Waals surface area contributed by atoms with Crippen molar-refractivity contribution in [2.24, 2.45) is 11.8 Å². The number of hydrogen-bond acceptors (Lipinski definition) is 9. The molecule has 0 bridgehead atoms. The van der Waals surface area contributed by atoms with Gasteiger partial charge in [0.15, 0.2) is 0 Å². The van der Waals surface area contributed by atoms with E-state index < -0.39 is 107 Å². The number of carbonyl (C=O) groups is 4. The minimum atomic E-state index is -4.78. The van der Waals surface area contributed by atoms with Crippen LogP contribution in [0.2, 0.25) is 0 Å². The van der Waals surface area contributed by atoms with E-state index in [9.17, 15) is 60.2 Å². The lowest BCUT2D eigenvalue weighted by atomic mass is 9.89. The van der Waals surface area contributed by atoms with Crippen LogP contribution in [0.4, 0.5) is 35.1 Å². The predicted octanol–water partition coefficient (Wildman–Crippen LogP) is 15.1. The first-order valence-corrected chi connectivity index (χ1v) is 32.3. The van der Waals surface area contributed by atoms with Crippen LogP contribution < -0.4 is 21.8 Å². The smallest absolute Gasteiger partial charge is 0.416 e. The molecule has 2 aromatic heterocycles. The number of rotatable bonds is 27. The van der Waals surface area contributed by atoms with Crippen molar-refractivity contribution in [3.8, 4) is 22.3 Å². The number of ether oxygens (including phenoxy) is 1. The van der Waals surface area contributed by atoms with E-state index >= 15 is 8.78 Å². The van der Waals surface area contributed by atoms with Gasteiger partial charge in [0.25, 0.3) is 11.1 Å². The maximum atomic E-state index is 16.0. The maximum absolute atomic E-state index is 16.0. The van der Waals surface area contributed by atoms with Crippen molar-refractivity contribution in [3.63, 3.8) is 0 Å². The van der Waals surface area contributed by atoms with E-state index in [1.165, 1.54) is 6.07 Å². The summed E-state index contributed by atoms with van der Waals surface area (Å²) >= 11 is 0. The highest BCUT2D eigenvalue weighted by Gasteiger charge is 2.38. The molecule has 0 aliphatic rings. The fourth-order valence-electron chi connectivity index (χ4n) is 12.6. The minimum absolute atomic E-state index is 0.0140. The number of carboxylic acids is 1. The Morgan fingerprint density at radius 2 is 0.875 bits per heavy atom. The first-order valence-electron chi connectivity index (χ1n) is 32.3. The molecule has 0 saturated heterocycles. The fourth-order valence-corrected chi connectivity index (χ4v) is 12.6. The molecule has 0 radical (unpaired) electrons. The zero-order valence-corrected chi connectivity index (χ0v) is 58.3. The third-order valence-electron chi connectivity index (χ3n) is 16.6. The van der Waals surface area contributed by atoms with E-state index in [1.807, 2.05) is 104 Å². The molecule has 4 aromatic carbocycles. The maximum Gasteiger partial charge on any atom is 0.416 e. The van der Waals surface area contributed by atoms with E-state index in [-0.39, 0.29) is 71.9 Å². The third kappa shape index (κ3) is 21.3. The first kappa shape index (κ1) is 78.7. The molecule has 4 atom stereocenters. The summed E-state index contributed by atoms with van der Waals surface area (Å²) in [5, 5.41) is 15.2. The molecule has 3 N–H and O–H groups in total. The molecular weight excluding hydrogens is 1250 g/mol. The lowest BCUT2D eigenvalue weighted by Crippen LogP contribution is -2.41. The SMILES string of the molecule is CCOC(=O)C[C@H](NC(=O)C(CC(C)C)n1cc(CCCN(C)C)c(C(F)(F)F)cc1=O)c1cc(-c2c(C)cc(C)cc2C)cc(C)c1F.Cc1cc(C)c(-c2cc(C)c(F)c([C@H](CC(=O)O)NC(=O)C(CC(C)C)n3cc(CCCN(C)C)c(C(F)(F)F)cc3=O)c2)c(C)c1. The molecule has 6 rings (SSSR count). The van der Waals surface area contributed by atoms with Gasteiger partial charge in [-0.25, -0.2) is 8.78 Å². The van der Waals surface area contributed by atoms with Gasteiger partial charge in [0.2, 0.25) is 11.8 Å².